The quantitative estimate of drug-likeness (QED) is 0.523. The van der Waals surface area contributed by atoms with E-state index >= 15 is 0 Å². The third-order valence-corrected chi connectivity index (χ3v) is 5.35. The molecule has 1 aliphatic heterocycles. The number of aromatic nitrogens is 3. The Kier molecular flexibility index (Phi) is 6.80. The van der Waals surface area contributed by atoms with Crippen LogP contribution in [0.4, 0.5) is 0 Å². The molecule has 1 saturated heterocycles. The SMILES string of the molecule is N[C@@H](Cc1cscn1)c1nc(Cc2ccc(C(=O)NOC3CCCCO3)cc2)no1. The second kappa shape index (κ2) is 9.90. The number of hydrogen-bond acceptors (Lipinski definition) is 9. The van der Waals surface area contributed by atoms with Crippen molar-refractivity contribution in [3.05, 3.63) is 63.7 Å². The lowest BCUT2D eigenvalue weighted by atomic mass is 10.1. The van der Waals surface area contributed by atoms with Crippen LogP contribution < -0.4 is 11.2 Å². The summed E-state index contributed by atoms with van der Waals surface area (Å²) in [6.45, 7) is 0.656. The third-order valence-electron chi connectivity index (χ3n) is 4.71. The summed E-state index contributed by atoms with van der Waals surface area (Å²) >= 11 is 1.52. The van der Waals surface area contributed by atoms with E-state index in [0.29, 0.717) is 36.7 Å². The molecule has 9 nitrogen and oxygen atoms in total. The predicted octanol–water partition coefficient (Wildman–Crippen LogP) is 2.55. The summed E-state index contributed by atoms with van der Waals surface area (Å²) in [4.78, 5) is 26.1. The minimum Gasteiger partial charge on any atom is -0.350 e. The fraction of sp³-hybridized carbons (Fsp3) is 0.400. The lowest BCUT2D eigenvalue weighted by molar-refractivity contribution is -0.186. The van der Waals surface area contributed by atoms with E-state index in [1.165, 1.54) is 11.3 Å². The van der Waals surface area contributed by atoms with Gasteiger partial charge in [-0.05, 0) is 30.5 Å². The first kappa shape index (κ1) is 20.6. The first-order valence-corrected chi connectivity index (χ1v) is 10.7. The van der Waals surface area contributed by atoms with E-state index < -0.39 is 6.04 Å². The normalized spacial score (nSPS) is 17.6. The van der Waals surface area contributed by atoms with E-state index in [0.717, 1.165) is 30.5 Å². The van der Waals surface area contributed by atoms with Crippen molar-refractivity contribution in [2.45, 2.75) is 44.4 Å². The second-order valence-corrected chi connectivity index (χ2v) is 7.78. The highest BCUT2D eigenvalue weighted by Crippen LogP contribution is 2.16. The molecule has 1 unspecified atom stereocenters. The Labute approximate surface area is 177 Å². The molecule has 0 bridgehead atoms. The van der Waals surface area contributed by atoms with Crippen molar-refractivity contribution in [1.82, 2.24) is 20.6 Å². The molecule has 1 fully saturated rings. The van der Waals surface area contributed by atoms with Crippen LogP contribution in [0.15, 0.2) is 39.7 Å². The standard InChI is InChI=1S/C20H23N5O4S/c21-16(10-15-11-30-12-22-15)20-23-17(24-29-20)9-13-4-6-14(7-5-13)19(26)25-28-18-3-1-2-8-27-18/h4-7,11-12,16,18H,1-3,8-10,21H2,(H,25,26)/t16-,18?/m0/s1. The minimum atomic E-state index is -0.396. The molecule has 2 aromatic heterocycles. The van der Waals surface area contributed by atoms with Crippen LogP contribution in [0.3, 0.4) is 0 Å². The van der Waals surface area contributed by atoms with E-state index in [2.05, 4.69) is 20.6 Å². The van der Waals surface area contributed by atoms with Crippen LogP contribution in [-0.4, -0.2) is 33.9 Å². The molecule has 3 aromatic rings. The van der Waals surface area contributed by atoms with Crippen molar-refractivity contribution >= 4 is 17.2 Å². The Morgan fingerprint density at radius 1 is 1.33 bits per heavy atom. The maximum Gasteiger partial charge on any atom is 0.274 e. The summed E-state index contributed by atoms with van der Waals surface area (Å²) in [6.07, 6.45) is 3.47. The van der Waals surface area contributed by atoms with Gasteiger partial charge in [0.1, 0.15) is 0 Å². The number of carbonyl (C=O) groups excluding carboxylic acids is 1. The molecule has 3 heterocycles. The van der Waals surface area contributed by atoms with E-state index in [9.17, 15) is 4.79 Å². The van der Waals surface area contributed by atoms with Crippen LogP contribution in [0.2, 0.25) is 0 Å². The molecule has 3 N–H and O–H groups in total. The summed E-state index contributed by atoms with van der Waals surface area (Å²) in [7, 11) is 0. The third kappa shape index (κ3) is 5.48. The Balaban J connectivity index is 1.29. The number of ether oxygens (including phenoxy) is 1. The van der Waals surface area contributed by atoms with Crippen LogP contribution in [0.25, 0.3) is 0 Å². The summed E-state index contributed by atoms with van der Waals surface area (Å²) in [5.41, 5.74) is 12.7. The average Bonchev–Trinajstić information content (AvgIpc) is 3.45. The summed E-state index contributed by atoms with van der Waals surface area (Å²) in [5.74, 6) is 0.607. The van der Waals surface area contributed by atoms with Crippen LogP contribution in [-0.2, 0) is 22.4 Å². The number of amides is 1. The zero-order valence-electron chi connectivity index (χ0n) is 16.3. The monoisotopic (exact) mass is 429 g/mol. The Hall–Kier alpha value is -2.66. The molecule has 4 rings (SSSR count). The van der Waals surface area contributed by atoms with Gasteiger partial charge in [0, 0.05) is 36.8 Å². The number of thiazole rings is 1. The molecule has 0 radical (unpaired) electrons. The lowest BCUT2D eigenvalue weighted by Crippen LogP contribution is -2.33. The number of benzene rings is 1. The molecule has 2 atom stereocenters. The summed E-state index contributed by atoms with van der Waals surface area (Å²) < 4.78 is 10.7. The topological polar surface area (TPSA) is 125 Å². The predicted molar refractivity (Wildman–Crippen MR) is 108 cm³/mol. The minimum absolute atomic E-state index is 0.314. The van der Waals surface area contributed by atoms with E-state index in [1.807, 2.05) is 17.5 Å². The van der Waals surface area contributed by atoms with Crippen LogP contribution in [0, 0.1) is 0 Å². The van der Waals surface area contributed by atoms with Crippen molar-refractivity contribution in [3.63, 3.8) is 0 Å². The summed E-state index contributed by atoms with van der Waals surface area (Å²) in [6, 6.07) is 6.75. The van der Waals surface area contributed by atoms with Crippen LogP contribution >= 0.6 is 11.3 Å². The summed E-state index contributed by atoms with van der Waals surface area (Å²) in [5, 5.41) is 5.95. The van der Waals surface area contributed by atoms with Gasteiger partial charge in [-0.25, -0.2) is 15.3 Å². The number of hydrogen-bond donors (Lipinski definition) is 2. The highest BCUT2D eigenvalue weighted by molar-refractivity contribution is 7.07. The molecule has 1 amide bonds. The molecular weight excluding hydrogens is 406 g/mol. The maximum absolute atomic E-state index is 12.2. The number of hydroxylamine groups is 1. The van der Waals surface area contributed by atoms with Gasteiger partial charge < -0.3 is 15.0 Å². The van der Waals surface area contributed by atoms with Gasteiger partial charge in [-0.2, -0.15) is 4.98 Å². The highest BCUT2D eigenvalue weighted by atomic mass is 32.1. The fourth-order valence-electron chi connectivity index (χ4n) is 3.08. The number of rotatable bonds is 8. The molecule has 0 spiro atoms. The lowest BCUT2D eigenvalue weighted by Gasteiger charge is -2.22. The van der Waals surface area contributed by atoms with Gasteiger partial charge in [-0.3, -0.25) is 4.79 Å². The zero-order chi connectivity index (χ0) is 20.8. The number of nitrogens with one attached hydrogen (secondary N) is 1. The molecule has 1 aliphatic rings. The second-order valence-electron chi connectivity index (χ2n) is 7.06. The van der Waals surface area contributed by atoms with Gasteiger partial charge in [0.15, 0.2) is 12.1 Å². The smallest absolute Gasteiger partial charge is 0.274 e. The first-order chi connectivity index (χ1) is 14.7. The molecule has 158 valence electrons. The van der Waals surface area contributed by atoms with Crippen molar-refractivity contribution in [2.75, 3.05) is 6.61 Å². The van der Waals surface area contributed by atoms with Gasteiger partial charge >= 0.3 is 0 Å². The average molecular weight is 430 g/mol. The van der Waals surface area contributed by atoms with Crippen molar-refractivity contribution < 1.29 is 18.9 Å². The first-order valence-electron chi connectivity index (χ1n) is 9.79. The van der Waals surface area contributed by atoms with Gasteiger partial charge in [0.2, 0.25) is 5.89 Å². The van der Waals surface area contributed by atoms with E-state index in [4.69, 9.17) is 19.8 Å². The molecule has 10 heteroatoms. The molecule has 0 saturated carbocycles. The Morgan fingerprint density at radius 3 is 2.93 bits per heavy atom. The molecule has 0 aliphatic carbocycles. The van der Waals surface area contributed by atoms with Gasteiger partial charge in [0.05, 0.1) is 17.2 Å². The van der Waals surface area contributed by atoms with Crippen LogP contribution in [0.1, 0.15) is 58.6 Å². The molecule has 1 aromatic carbocycles. The fourth-order valence-corrected chi connectivity index (χ4v) is 3.65. The molecular formula is C20H23N5O4S. The van der Waals surface area contributed by atoms with Crippen molar-refractivity contribution in [2.24, 2.45) is 5.73 Å². The van der Waals surface area contributed by atoms with E-state index in [1.54, 1.807) is 17.6 Å². The Bertz CT molecular complexity index is 939. The van der Waals surface area contributed by atoms with Gasteiger partial charge in [0.25, 0.3) is 5.91 Å². The van der Waals surface area contributed by atoms with Gasteiger partial charge in [-0.1, -0.05) is 17.3 Å². The molecule has 30 heavy (non-hydrogen) atoms. The zero-order valence-corrected chi connectivity index (χ0v) is 17.1. The highest BCUT2D eigenvalue weighted by Gasteiger charge is 2.18. The number of carbonyl (C=O) groups is 1. The van der Waals surface area contributed by atoms with E-state index in [-0.39, 0.29) is 12.2 Å². The number of nitrogens with zero attached hydrogens (tertiary/aromatic N) is 3. The Morgan fingerprint density at radius 2 is 2.20 bits per heavy atom. The van der Waals surface area contributed by atoms with Crippen LogP contribution in [0.5, 0.6) is 0 Å². The maximum atomic E-state index is 12.2. The van der Waals surface area contributed by atoms with Crippen molar-refractivity contribution in [1.29, 1.82) is 0 Å². The van der Waals surface area contributed by atoms with Crippen molar-refractivity contribution in [3.8, 4) is 0 Å². The van der Waals surface area contributed by atoms with Gasteiger partial charge in [-0.15, -0.1) is 11.3 Å². The number of nitrogens with two attached hydrogens (primary N) is 1. The largest absolute Gasteiger partial charge is 0.350 e.